The smallest absolute Gasteiger partial charge is 0.125 e. The van der Waals surface area contributed by atoms with Gasteiger partial charge in [0.25, 0.3) is 0 Å². The average Bonchev–Trinajstić information content (AvgIpc) is 2.96. The van der Waals surface area contributed by atoms with Crippen molar-refractivity contribution in [2.24, 2.45) is 0 Å². The molecule has 0 atom stereocenters. The third kappa shape index (κ3) is 44.9. The number of halogens is 6. The molecule has 0 aromatic carbocycles. The van der Waals surface area contributed by atoms with Gasteiger partial charge in [0.2, 0.25) is 0 Å². The van der Waals surface area contributed by atoms with E-state index >= 15 is 0 Å². The van der Waals surface area contributed by atoms with Crippen LogP contribution in [-0.4, -0.2) is 13.5 Å². The van der Waals surface area contributed by atoms with Gasteiger partial charge in [-0.05, 0) is 64.2 Å². The van der Waals surface area contributed by atoms with Crippen molar-refractivity contribution in [1.29, 1.82) is 0 Å². The van der Waals surface area contributed by atoms with Crippen LogP contribution >= 0.6 is 66.5 Å². The van der Waals surface area contributed by atoms with Gasteiger partial charge in [0, 0.05) is 0 Å². The van der Waals surface area contributed by atoms with Gasteiger partial charge >= 0.3 is 35.8 Å². The summed E-state index contributed by atoms with van der Waals surface area (Å²) in [6.45, 7) is -2.93. The van der Waals surface area contributed by atoms with E-state index in [-0.39, 0.29) is 22.4 Å². The van der Waals surface area contributed by atoms with Gasteiger partial charge in [0.15, 0.2) is 0 Å². The van der Waals surface area contributed by atoms with Crippen LogP contribution < -0.4 is 0 Å². The van der Waals surface area contributed by atoms with Gasteiger partial charge in [-0.2, -0.15) is 0 Å². The van der Waals surface area contributed by atoms with Gasteiger partial charge in [-0.3, -0.25) is 0 Å². The predicted molar refractivity (Wildman–Crippen MR) is 89.6 cm³/mol. The molecule has 0 bridgehead atoms. The maximum atomic E-state index is 4.91. The molecule has 13 radical (unpaired) electrons. The second kappa shape index (κ2) is 23.2. The minimum absolute atomic E-state index is 0. The third-order valence-corrected chi connectivity index (χ3v) is 1.11. The summed E-state index contributed by atoms with van der Waals surface area (Å²) in [4.78, 5) is 0. The Bertz CT molecular complexity index is 109. The Labute approximate surface area is 165 Å². The van der Waals surface area contributed by atoms with E-state index in [2.05, 4.69) is 0 Å². The van der Waals surface area contributed by atoms with Crippen molar-refractivity contribution < 1.29 is 22.4 Å². The molecule has 2 aliphatic carbocycles. The molecule has 0 amide bonds. The number of hydrogen-bond donors (Lipinski definition) is 0. The number of hydrogen-bond acceptors (Lipinski definition) is 0. The van der Waals surface area contributed by atoms with Gasteiger partial charge in [0.1, 0.15) is 0 Å². The predicted octanol–water partition coefficient (Wildman–Crippen LogP) is 5.42. The molecular weight excluding hydrogens is 482 g/mol. The van der Waals surface area contributed by atoms with Crippen molar-refractivity contribution in [3.63, 3.8) is 0 Å². The largest absolute Gasteiger partial charge is 2.00 e. The number of rotatable bonds is 0. The van der Waals surface area contributed by atoms with Crippen LogP contribution in [0.1, 0.15) is 0 Å². The Hall–Kier alpha value is 2.91. The van der Waals surface area contributed by atoms with Crippen molar-refractivity contribution >= 4 is 79.9 Å². The molecule has 2 saturated carbocycles. The van der Waals surface area contributed by atoms with Crippen LogP contribution in [-0.2, 0) is 22.4 Å². The van der Waals surface area contributed by atoms with Crippen molar-refractivity contribution in [3.05, 3.63) is 64.2 Å². The fourth-order valence-electron chi connectivity index (χ4n) is 0.642. The normalized spacial score (nSPS) is 16.4. The molecule has 0 nitrogen and oxygen atoms in total. The van der Waals surface area contributed by atoms with Gasteiger partial charge in [-0.25, -0.2) is 0 Å². The van der Waals surface area contributed by atoms with Crippen molar-refractivity contribution in [2.75, 3.05) is 0 Å². The molecule has 0 unspecified atom stereocenters. The van der Waals surface area contributed by atoms with Gasteiger partial charge in [-0.1, -0.05) is 0 Å². The van der Waals surface area contributed by atoms with Crippen LogP contribution in [0.15, 0.2) is 0 Å². The first-order valence-corrected chi connectivity index (χ1v) is 13.5. The minimum Gasteiger partial charge on any atom is -0.125 e. The van der Waals surface area contributed by atoms with Crippen LogP contribution in [0.3, 0.4) is 0 Å². The van der Waals surface area contributed by atoms with Crippen molar-refractivity contribution in [3.8, 4) is 0 Å². The molecule has 2 rings (SSSR count). The summed E-state index contributed by atoms with van der Waals surface area (Å²) in [5.74, 6) is 0. The van der Waals surface area contributed by atoms with E-state index < -0.39 is 13.5 Å². The SMILES string of the molecule is Cl[Si](Cl)Cl.Cl[Si](Cl)Cl.[CH]1[CH][CH][CH][CH]1.[CH]1[CH][CH][CH][CH]1.[Nb+2]. The Morgan fingerprint density at radius 1 is 0.368 bits per heavy atom. The average molecular weight is 492 g/mol. The van der Waals surface area contributed by atoms with E-state index in [1.165, 1.54) is 0 Å². The Morgan fingerprint density at radius 3 is 0.474 bits per heavy atom. The van der Waals surface area contributed by atoms with Gasteiger partial charge in [-0.15, -0.1) is 66.5 Å². The second-order valence-electron chi connectivity index (χ2n) is 2.35. The summed E-state index contributed by atoms with van der Waals surface area (Å²) >= 11 is 29.4. The molecule has 0 N–H and O–H groups in total. The first-order valence-electron chi connectivity index (χ1n) is 4.47. The van der Waals surface area contributed by atoms with E-state index in [1.807, 2.05) is 64.2 Å². The molecule has 0 spiro atoms. The Morgan fingerprint density at radius 2 is 0.421 bits per heavy atom. The van der Waals surface area contributed by atoms with E-state index in [0.29, 0.717) is 0 Å². The summed E-state index contributed by atoms with van der Waals surface area (Å²) in [6.07, 6.45) is 20.0. The molecule has 0 heterocycles. The monoisotopic (exact) mass is 489 g/mol. The Balaban J connectivity index is -0.000000178. The van der Waals surface area contributed by atoms with Crippen LogP contribution in [0.25, 0.3) is 0 Å². The maximum absolute atomic E-state index is 4.91. The second-order valence-corrected chi connectivity index (χ2v) is 13.5. The standard InChI is InChI=1S/2C5H5.2Cl3Si.Nb/c2*1-2-4-5-3-1;2*1-4(2)3;/h2*1-5H;;;/q;;;;+2. The van der Waals surface area contributed by atoms with Crippen LogP contribution in [0.5, 0.6) is 0 Å². The first-order chi connectivity index (χ1) is 8.46. The van der Waals surface area contributed by atoms with Gasteiger partial charge < -0.3 is 0 Å². The topological polar surface area (TPSA) is 0 Å². The van der Waals surface area contributed by atoms with Crippen molar-refractivity contribution in [2.45, 2.75) is 0 Å². The molecule has 0 aromatic heterocycles. The Kier molecular flexibility index (Phi) is 32.7. The zero-order valence-corrected chi connectivity index (χ0v) is 18.2. The molecule has 19 heavy (non-hydrogen) atoms. The quantitative estimate of drug-likeness (QED) is 0.314. The molecule has 103 valence electrons. The summed E-state index contributed by atoms with van der Waals surface area (Å²) in [7, 11) is 0. The zero-order valence-electron chi connectivity index (χ0n) is 9.49. The third-order valence-electron chi connectivity index (χ3n) is 1.11. The molecule has 0 aromatic rings. The molecule has 2 aliphatic rings. The molecule has 9 heteroatoms. The van der Waals surface area contributed by atoms with E-state index in [0.717, 1.165) is 0 Å². The summed E-state index contributed by atoms with van der Waals surface area (Å²) in [5.41, 5.74) is 0. The van der Waals surface area contributed by atoms with Crippen molar-refractivity contribution in [1.82, 2.24) is 0 Å². The fraction of sp³-hybridized carbons (Fsp3) is 0. The molecule has 0 aliphatic heterocycles. The van der Waals surface area contributed by atoms with Crippen LogP contribution in [0.2, 0.25) is 0 Å². The molecule has 2 fully saturated rings. The van der Waals surface area contributed by atoms with E-state index in [1.54, 1.807) is 0 Å². The summed E-state index contributed by atoms with van der Waals surface area (Å²) in [5, 5.41) is 0. The first kappa shape index (κ1) is 26.8. The van der Waals surface area contributed by atoms with Gasteiger partial charge in [0.05, 0.1) is 0 Å². The summed E-state index contributed by atoms with van der Waals surface area (Å²) in [6, 6.07) is 0. The molecular formula is C10H10Cl6NbSi2+2. The summed E-state index contributed by atoms with van der Waals surface area (Å²) < 4.78 is 0. The molecule has 0 saturated heterocycles. The van der Waals surface area contributed by atoms with Crippen LogP contribution in [0.4, 0.5) is 0 Å². The minimum atomic E-state index is -1.46. The van der Waals surface area contributed by atoms with E-state index in [9.17, 15) is 0 Å². The fourth-order valence-corrected chi connectivity index (χ4v) is 0.642. The maximum Gasteiger partial charge on any atom is 2.00 e. The van der Waals surface area contributed by atoms with Crippen LogP contribution in [0, 0.1) is 64.2 Å². The van der Waals surface area contributed by atoms with E-state index in [4.69, 9.17) is 66.5 Å². The zero-order chi connectivity index (χ0) is 14.2.